The molecule has 27 heavy (non-hydrogen) atoms. The highest BCUT2D eigenvalue weighted by molar-refractivity contribution is 7.92. The maximum absolute atomic E-state index is 12.7. The number of nitrogens with one attached hydrogen (secondary N) is 1. The first-order valence-electron chi connectivity index (χ1n) is 8.21. The van der Waals surface area contributed by atoms with Crippen LogP contribution in [-0.2, 0) is 16.6 Å². The minimum absolute atomic E-state index is 0.126. The topological polar surface area (TPSA) is 79.4 Å². The first kappa shape index (κ1) is 19.1. The van der Waals surface area contributed by atoms with Gasteiger partial charge in [-0.05, 0) is 43.3 Å². The molecule has 0 fully saturated rings. The fourth-order valence-corrected chi connectivity index (χ4v) is 4.36. The molecule has 0 aliphatic rings. The molecule has 0 spiro atoms. The van der Waals surface area contributed by atoms with Crippen molar-refractivity contribution < 1.29 is 13.2 Å². The van der Waals surface area contributed by atoms with Gasteiger partial charge in [-0.25, -0.2) is 13.4 Å². The molecule has 0 atom stereocenters. The predicted molar refractivity (Wildman–Crippen MR) is 106 cm³/mol. The number of thiazole rings is 1. The minimum Gasteiger partial charge on any atom is -0.346 e. The van der Waals surface area contributed by atoms with Crippen molar-refractivity contribution >= 4 is 33.0 Å². The summed E-state index contributed by atoms with van der Waals surface area (Å²) in [6.07, 6.45) is 0. The maximum atomic E-state index is 12.7. The van der Waals surface area contributed by atoms with E-state index in [-0.39, 0.29) is 10.8 Å². The van der Waals surface area contributed by atoms with Crippen LogP contribution in [0.5, 0.6) is 0 Å². The summed E-state index contributed by atoms with van der Waals surface area (Å²) >= 11 is 1.48. The number of aromatic nitrogens is 1. The van der Waals surface area contributed by atoms with Crippen molar-refractivity contribution in [2.45, 2.75) is 18.4 Å². The zero-order chi connectivity index (χ0) is 19.4. The van der Waals surface area contributed by atoms with E-state index >= 15 is 0 Å². The Morgan fingerprint density at radius 3 is 2.37 bits per heavy atom. The molecule has 3 rings (SSSR count). The van der Waals surface area contributed by atoms with Gasteiger partial charge in [0, 0.05) is 23.7 Å². The van der Waals surface area contributed by atoms with Crippen LogP contribution in [0.3, 0.4) is 0 Å². The second-order valence-corrected chi connectivity index (χ2v) is 8.81. The van der Waals surface area contributed by atoms with E-state index in [1.807, 2.05) is 18.4 Å². The van der Waals surface area contributed by atoms with Crippen LogP contribution in [0.15, 0.2) is 64.9 Å². The van der Waals surface area contributed by atoms with Crippen molar-refractivity contribution in [1.29, 1.82) is 0 Å². The summed E-state index contributed by atoms with van der Waals surface area (Å²) < 4.78 is 26.7. The number of hydrogen-bond donors (Lipinski definition) is 1. The van der Waals surface area contributed by atoms with Crippen LogP contribution in [0.1, 0.15) is 21.1 Å². The lowest BCUT2D eigenvalue weighted by Crippen LogP contribution is -2.27. The molecule has 0 aliphatic heterocycles. The summed E-state index contributed by atoms with van der Waals surface area (Å²) in [6, 6.07) is 14.7. The SMILES string of the molecule is Cc1csc(CNC(=O)c2ccc(S(=O)(=O)N(C)c3ccccc3)cc2)n1. The highest BCUT2D eigenvalue weighted by Gasteiger charge is 2.21. The zero-order valence-corrected chi connectivity index (χ0v) is 16.5. The van der Waals surface area contributed by atoms with Gasteiger partial charge < -0.3 is 5.32 Å². The average molecular weight is 402 g/mol. The number of benzene rings is 2. The Balaban J connectivity index is 1.71. The summed E-state index contributed by atoms with van der Waals surface area (Å²) in [6.45, 7) is 2.24. The molecule has 6 nitrogen and oxygen atoms in total. The first-order chi connectivity index (χ1) is 12.9. The molecule has 1 N–H and O–H groups in total. The van der Waals surface area contributed by atoms with E-state index in [0.29, 0.717) is 17.8 Å². The number of sulfonamides is 1. The number of nitrogens with zero attached hydrogens (tertiary/aromatic N) is 2. The molecule has 1 heterocycles. The molecule has 1 amide bonds. The molecule has 0 bridgehead atoms. The van der Waals surface area contributed by atoms with E-state index in [1.165, 1.54) is 47.0 Å². The van der Waals surface area contributed by atoms with Crippen LogP contribution in [0, 0.1) is 6.92 Å². The third-order valence-electron chi connectivity index (χ3n) is 3.96. The molecular formula is C19H19N3O3S2. The van der Waals surface area contributed by atoms with Gasteiger partial charge in [-0.1, -0.05) is 18.2 Å². The molecule has 140 valence electrons. The number of rotatable bonds is 6. The van der Waals surface area contributed by atoms with E-state index in [9.17, 15) is 13.2 Å². The third kappa shape index (κ3) is 4.35. The fraction of sp³-hybridized carbons (Fsp3) is 0.158. The number of aryl methyl sites for hydroxylation is 1. The summed E-state index contributed by atoms with van der Waals surface area (Å²) in [4.78, 5) is 16.7. The van der Waals surface area contributed by atoms with Crippen LogP contribution in [0.25, 0.3) is 0 Å². The fourth-order valence-electron chi connectivity index (χ4n) is 2.45. The predicted octanol–water partition coefficient (Wildman–Crippen LogP) is 3.21. The van der Waals surface area contributed by atoms with Crippen molar-refractivity contribution in [3.8, 4) is 0 Å². The van der Waals surface area contributed by atoms with Gasteiger partial charge in [0.25, 0.3) is 15.9 Å². The zero-order valence-electron chi connectivity index (χ0n) is 14.9. The molecule has 3 aromatic rings. The van der Waals surface area contributed by atoms with Crippen molar-refractivity contribution in [3.05, 3.63) is 76.2 Å². The smallest absolute Gasteiger partial charge is 0.264 e. The van der Waals surface area contributed by atoms with Crippen molar-refractivity contribution in [1.82, 2.24) is 10.3 Å². The highest BCUT2D eigenvalue weighted by atomic mass is 32.2. The monoisotopic (exact) mass is 401 g/mol. The molecule has 8 heteroatoms. The second kappa shape index (κ2) is 7.89. The van der Waals surface area contributed by atoms with Gasteiger partial charge in [0.1, 0.15) is 5.01 Å². The van der Waals surface area contributed by atoms with Crippen LogP contribution in [0.2, 0.25) is 0 Å². The van der Waals surface area contributed by atoms with Gasteiger partial charge >= 0.3 is 0 Å². The third-order valence-corrected chi connectivity index (χ3v) is 6.73. The van der Waals surface area contributed by atoms with Gasteiger partial charge in [0.05, 0.1) is 17.1 Å². The number of carbonyl (C=O) groups excluding carboxylic acids is 1. The number of amides is 1. The molecule has 2 aromatic carbocycles. The van der Waals surface area contributed by atoms with Crippen molar-refractivity contribution in [2.24, 2.45) is 0 Å². The largest absolute Gasteiger partial charge is 0.346 e. The van der Waals surface area contributed by atoms with Gasteiger partial charge in [0.15, 0.2) is 0 Å². The Morgan fingerprint density at radius 1 is 1.11 bits per heavy atom. The van der Waals surface area contributed by atoms with Crippen molar-refractivity contribution in [3.63, 3.8) is 0 Å². The Labute approximate surface area is 162 Å². The van der Waals surface area contributed by atoms with E-state index < -0.39 is 10.0 Å². The van der Waals surface area contributed by atoms with E-state index in [2.05, 4.69) is 10.3 Å². The standard InChI is InChI=1S/C19H19N3O3S2/c1-14-13-26-18(21-14)12-20-19(23)15-8-10-17(11-9-15)27(24,25)22(2)16-6-4-3-5-7-16/h3-11,13H,12H2,1-2H3,(H,20,23). The molecule has 0 radical (unpaired) electrons. The maximum Gasteiger partial charge on any atom is 0.264 e. The Kier molecular flexibility index (Phi) is 5.57. The lowest BCUT2D eigenvalue weighted by molar-refractivity contribution is 0.0950. The van der Waals surface area contributed by atoms with Crippen LogP contribution in [0.4, 0.5) is 5.69 Å². The van der Waals surface area contributed by atoms with Gasteiger partial charge in [-0.3, -0.25) is 9.10 Å². The number of hydrogen-bond acceptors (Lipinski definition) is 5. The van der Waals surface area contributed by atoms with Crippen LogP contribution < -0.4 is 9.62 Å². The lowest BCUT2D eigenvalue weighted by Gasteiger charge is -2.19. The second-order valence-electron chi connectivity index (χ2n) is 5.90. The van der Waals surface area contributed by atoms with Gasteiger partial charge in [-0.2, -0.15) is 0 Å². The summed E-state index contributed by atoms with van der Waals surface area (Å²) in [5.41, 5.74) is 1.88. The lowest BCUT2D eigenvalue weighted by atomic mass is 10.2. The van der Waals surface area contributed by atoms with Gasteiger partial charge in [0.2, 0.25) is 0 Å². The number of para-hydroxylation sites is 1. The Hall–Kier alpha value is -2.71. The molecule has 0 aliphatic carbocycles. The van der Waals surface area contributed by atoms with E-state index in [4.69, 9.17) is 0 Å². The first-order valence-corrected chi connectivity index (χ1v) is 10.5. The molecule has 0 saturated heterocycles. The molecular weight excluding hydrogens is 382 g/mol. The van der Waals surface area contributed by atoms with E-state index in [1.54, 1.807) is 24.3 Å². The quantitative estimate of drug-likeness (QED) is 0.688. The summed E-state index contributed by atoms with van der Waals surface area (Å²) in [7, 11) is -2.19. The average Bonchev–Trinajstić information content (AvgIpc) is 3.11. The highest BCUT2D eigenvalue weighted by Crippen LogP contribution is 2.22. The molecule has 1 aromatic heterocycles. The number of carbonyl (C=O) groups is 1. The minimum atomic E-state index is -3.69. The van der Waals surface area contributed by atoms with Crippen LogP contribution in [-0.4, -0.2) is 26.4 Å². The van der Waals surface area contributed by atoms with E-state index in [0.717, 1.165) is 10.7 Å². The Morgan fingerprint density at radius 2 is 1.78 bits per heavy atom. The Bertz CT molecular complexity index is 1030. The number of anilines is 1. The van der Waals surface area contributed by atoms with Crippen LogP contribution >= 0.6 is 11.3 Å². The van der Waals surface area contributed by atoms with Gasteiger partial charge in [-0.15, -0.1) is 11.3 Å². The summed E-state index contributed by atoms with van der Waals surface area (Å²) in [5.74, 6) is -0.275. The van der Waals surface area contributed by atoms with Crippen molar-refractivity contribution in [2.75, 3.05) is 11.4 Å². The summed E-state index contributed by atoms with van der Waals surface area (Å²) in [5, 5.41) is 5.53. The molecule has 0 unspecified atom stereocenters. The normalized spacial score (nSPS) is 11.2. The molecule has 0 saturated carbocycles.